The van der Waals surface area contributed by atoms with E-state index >= 15 is 0 Å². The minimum Gasteiger partial charge on any atom is -0.440 e. The van der Waals surface area contributed by atoms with Crippen molar-refractivity contribution in [3.8, 4) is 6.07 Å². The van der Waals surface area contributed by atoms with E-state index in [9.17, 15) is 5.26 Å². The zero-order chi connectivity index (χ0) is 17.9. The second kappa shape index (κ2) is 6.93. The van der Waals surface area contributed by atoms with Gasteiger partial charge in [0.2, 0.25) is 5.88 Å². The molecule has 2 N–H and O–H groups in total. The van der Waals surface area contributed by atoms with Crippen LogP contribution in [0.25, 0.3) is 6.08 Å². The SMILES string of the molecule is N#CC1=C(N)OC2=C(CCC/C2=C/c2ccccc2)[C@H]1c1ccccc1. The predicted molar refractivity (Wildman–Crippen MR) is 102 cm³/mol. The fourth-order valence-corrected chi connectivity index (χ4v) is 3.81. The number of nitrogens with two attached hydrogens (primary N) is 1. The summed E-state index contributed by atoms with van der Waals surface area (Å²) in [6.45, 7) is 0. The number of ether oxygens (including phenoxy) is 1. The first-order chi connectivity index (χ1) is 12.8. The molecule has 2 aliphatic rings. The summed E-state index contributed by atoms with van der Waals surface area (Å²) in [6, 6.07) is 22.6. The Hall–Kier alpha value is -3.25. The lowest BCUT2D eigenvalue weighted by molar-refractivity contribution is 0.277. The van der Waals surface area contributed by atoms with Crippen LogP contribution >= 0.6 is 0 Å². The highest BCUT2D eigenvalue weighted by atomic mass is 16.5. The molecule has 4 rings (SSSR count). The molecule has 0 amide bonds. The first kappa shape index (κ1) is 16.2. The Morgan fingerprint density at radius 2 is 1.69 bits per heavy atom. The first-order valence-corrected chi connectivity index (χ1v) is 8.89. The zero-order valence-electron chi connectivity index (χ0n) is 14.5. The van der Waals surface area contributed by atoms with Crippen LogP contribution in [0.1, 0.15) is 36.3 Å². The first-order valence-electron chi connectivity index (χ1n) is 8.89. The lowest BCUT2D eigenvalue weighted by atomic mass is 9.77. The normalized spacial score (nSPS) is 21.2. The van der Waals surface area contributed by atoms with E-state index in [-0.39, 0.29) is 11.8 Å². The average Bonchev–Trinajstić information content (AvgIpc) is 2.69. The third-order valence-corrected chi connectivity index (χ3v) is 4.98. The van der Waals surface area contributed by atoms with Gasteiger partial charge in [-0.2, -0.15) is 5.26 Å². The monoisotopic (exact) mass is 340 g/mol. The summed E-state index contributed by atoms with van der Waals surface area (Å²) in [7, 11) is 0. The van der Waals surface area contributed by atoms with Gasteiger partial charge in [-0.05, 0) is 47.6 Å². The Bertz CT molecular complexity index is 947. The van der Waals surface area contributed by atoms with Crippen molar-refractivity contribution < 1.29 is 4.74 Å². The van der Waals surface area contributed by atoms with Crippen molar-refractivity contribution in [1.29, 1.82) is 5.26 Å². The lowest BCUT2D eigenvalue weighted by Crippen LogP contribution is -2.23. The third-order valence-electron chi connectivity index (χ3n) is 4.98. The molecule has 0 unspecified atom stereocenters. The maximum Gasteiger partial charge on any atom is 0.205 e. The molecule has 0 saturated heterocycles. The largest absolute Gasteiger partial charge is 0.440 e. The molecule has 0 radical (unpaired) electrons. The van der Waals surface area contributed by atoms with Gasteiger partial charge in [-0.25, -0.2) is 0 Å². The van der Waals surface area contributed by atoms with Crippen LogP contribution in [0.4, 0.5) is 0 Å². The minimum absolute atomic E-state index is 0.121. The van der Waals surface area contributed by atoms with Gasteiger partial charge >= 0.3 is 0 Å². The van der Waals surface area contributed by atoms with Gasteiger partial charge in [0.1, 0.15) is 17.4 Å². The van der Waals surface area contributed by atoms with E-state index in [1.54, 1.807) is 0 Å². The Morgan fingerprint density at radius 1 is 1.00 bits per heavy atom. The van der Waals surface area contributed by atoms with Gasteiger partial charge in [-0.1, -0.05) is 60.7 Å². The van der Waals surface area contributed by atoms with Gasteiger partial charge in [0.05, 0.1) is 0 Å². The van der Waals surface area contributed by atoms with Gasteiger partial charge in [0.15, 0.2) is 0 Å². The average molecular weight is 340 g/mol. The third kappa shape index (κ3) is 2.91. The van der Waals surface area contributed by atoms with Gasteiger partial charge in [-0.3, -0.25) is 0 Å². The summed E-state index contributed by atoms with van der Waals surface area (Å²) in [4.78, 5) is 0. The maximum atomic E-state index is 9.68. The van der Waals surface area contributed by atoms with Gasteiger partial charge in [0.25, 0.3) is 0 Å². The molecular formula is C23H20N2O. The standard InChI is InChI=1S/C23H20N2O/c24-15-20-21(17-10-5-2-6-11-17)19-13-7-12-18(22(19)26-23(20)25)14-16-8-3-1-4-9-16/h1-6,8-11,14,21H,7,12-13,25H2/b18-14-/t21-/m1/s1. The Kier molecular flexibility index (Phi) is 4.33. The van der Waals surface area contributed by atoms with Gasteiger partial charge < -0.3 is 10.5 Å². The predicted octanol–water partition coefficient (Wildman–Crippen LogP) is 5.02. The Morgan fingerprint density at radius 3 is 2.38 bits per heavy atom. The molecule has 1 aliphatic carbocycles. The highest BCUT2D eigenvalue weighted by molar-refractivity contribution is 5.62. The van der Waals surface area contributed by atoms with Crippen LogP contribution in [0.15, 0.2) is 89.0 Å². The molecule has 0 saturated carbocycles. The van der Waals surface area contributed by atoms with Crippen molar-refractivity contribution >= 4 is 6.08 Å². The quantitative estimate of drug-likeness (QED) is 0.835. The zero-order valence-corrected chi connectivity index (χ0v) is 14.5. The molecule has 0 bridgehead atoms. The molecule has 2 aromatic carbocycles. The summed E-state index contributed by atoms with van der Waals surface area (Å²) < 4.78 is 5.98. The number of nitrogens with zero attached hydrogens (tertiary/aromatic N) is 1. The molecule has 2 aromatic rings. The number of nitriles is 1. The van der Waals surface area contributed by atoms with Crippen molar-refractivity contribution in [3.05, 3.63) is 100 Å². The van der Waals surface area contributed by atoms with E-state index < -0.39 is 0 Å². The van der Waals surface area contributed by atoms with E-state index in [0.717, 1.165) is 47.3 Å². The molecule has 1 aliphatic heterocycles. The fourth-order valence-electron chi connectivity index (χ4n) is 3.81. The Balaban J connectivity index is 1.84. The van der Waals surface area contributed by atoms with Gasteiger partial charge in [0, 0.05) is 5.92 Å². The van der Waals surface area contributed by atoms with Crippen LogP contribution in [-0.4, -0.2) is 0 Å². The van der Waals surface area contributed by atoms with Crippen molar-refractivity contribution in [1.82, 2.24) is 0 Å². The number of hydrogen-bond donors (Lipinski definition) is 1. The summed E-state index contributed by atoms with van der Waals surface area (Å²) in [5, 5.41) is 9.68. The van der Waals surface area contributed by atoms with E-state index in [0.29, 0.717) is 5.57 Å². The smallest absolute Gasteiger partial charge is 0.205 e. The van der Waals surface area contributed by atoms with Crippen molar-refractivity contribution in [2.75, 3.05) is 0 Å². The minimum atomic E-state index is -0.121. The van der Waals surface area contributed by atoms with Crippen LogP contribution in [-0.2, 0) is 4.74 Å². The molecule has 128 valence electrons. The summed E-state index contributed by atoms with van der Waals surface area (Å²) in [5.41, 5.74) is 11.2. The molecule has 3 heteroatoms. The molecule has 1 atom stereocenters. The molecule has 0 fully saturated rings. The van der Waals surface area contributed by atoms with E-state index in [4.69, 9.17) is 10.5 Å². The number of benzene rings is 2. The van der Waals surface area contributed by atoms with Crippen LogP contribution in [0.5, 0.6) is 0 Å². The van der Waals surface area contributed by atoms with Crippen LogP contribution < -0.4 is 5.73 Å². The molecule has 26 heavy (non-hydrogen) atoms. The maximum absolute atomic E-state index is 9.68. The van der Waals surface area contributed by atoms with E-state index in [2.05, 4.69) is 36.4 Å². The molecule has 3 nitrogen and oxygen atoms in total. The highest BCUT2D eigenvalue weighted by Crippen LogP contribution is 2.46. The Labute approximate surface area is 153 Å². The number of rotatable bonds is 2. The number of hydrogen-bond acceptors (Lipinski definition) is 3. The van der Waals surface area contributed by atoms with Crippen molar-refractivity contribution in [3.63, 3.8) is 0 Å². The molecule has 1 heterocycles. The number of allylic oxidation sites excluding steroid dienone is 3. The van der Waals surface area contributed by atoms with Crippen molar-refractivity contribution in [2.45, 2.75) is 25.2 Å². The fraction of sp³-hybridized carbons (Fsp3) is 0.174. The topological polar surface area (TPSA) is 59.0 Å². The van der Waals surface area contributed by atoms with E-state index in [1.807, 2.05) is 36.4 Å². The summed E-state index contributed by atoms with van der Waals surface area (Å²) in [5.74, 6) is 0.954. The van der Waals surface area contributed by atoms with Gasteiger partial charge in [-0.15, -0.1) is 0 Å². The van der Waals surface area contributed by atoms with Crippen molar-refractivity contribution in [2.24, 2.45) is 5.73 Å². The molecule has 0 spiro atoms. The molecule has 0 aromatic heterocycles. The van der Waals surface area contributed by atoms with Crippen LogP contribution in [0.2, 0.25) is 0 Å². The highest BCUT2D eigenvalue weighted by Gasteiger charge is 2.35. The molecular weight excluding hydrogens is 320 g/mol. The summed E-state index contributed by atoms with van der Waals surface area (Å²) in [6.07, 6.45) is 5.08. The van der Waals surface area contributed by atoms with E-state index in [1.165, 1.54) is 0 Å². The van der Waals surface area contributed by atoms with Crippen LogP contribution in [0, 0.1) is 11.3 Å². The lowest BCUT2D eigenvalue weighted by Gasteiger charge is -2.33. The second-order valence-electron chi connectivity index (χ2n) is 6.62. The van der Waals surface area contributed by atoms with Crippen LogP contribution in [0.3, 0.4) is 0 Å². The summed E-state index contributed by atoms with van der Waals surface area (Å²) >= 11 is 0. The second-order valence-corrected chi connectivity index (χ2v) is 6.62.